The largest absolute Gasteiger partial charge is 0.469 e. The van der Waals surface area contributed by atoms with E-state index in [-0.39, 0.29) is 18.4 Å². The second kappa shape index (κ2) is 6.31. The van der Waals surface area contributed by atoms with Gasteiger partial charge in [0.2, 0.25) is 0 Å². The maximum absolute atomic E-state index is 11.8. The Morgan fingerprint density at radius 1 is 1.29 bits per heavy atom. The van der Waals surface area contributed by atoms with Gasteiger partial charge in [-0.2, -0.15) is 5.10 Å². The summed E-state index contributed by atoms with van der Waals surface area (Å²) in [4.78, 5) is 23.2. The lowest BCUT2D eigenvalue weighted by molar-refractivity contribution is -0.141. The van der Waals surface area contributed by atoms with Gasteiger partial charge < -0.3 is 9.47 Å². The van der Waals surface area contributed by atoms with Gasteiger partial charge in [-0.15, -0.1) is 0 Å². The molecule has 0 saturated carbocycles. The van der Waals surface area contributed by atoms with E-state index in [1.54, 1.807) is 6.08 Å². The molecular formula is C18H18N2O4. The van der Waals surface area contributed by atoms with E-state index < -0.39 is 5.97 Å². The summed E-state index contributed by atoms with van der Waals surface area (Å²) in [5.41, 5.74) is 4.66. The van der Waals surface area contributed by atoms with Crippen molar-refractivity contribution in [3.05, 3.63) is 47.2 Å². The lowest BCUT2D eigenvalue weighted by Crippen LogP contribution is -2.14. The summed E-state index contributed by atoms with van der Waals surface area (Å²) < 4.78 is 11.3. The van der Waals surface area contributed by atoms with Crippen LogP contribution >= 0.6 is 0 Å². The van der Waals surface area contributed by atoms with Crippen LogP contribution in [0.1, 0.15) is 29.3 Å². The molecule has 0 fully saturated rings. The monoisotopic (exact) mass is 326 g/mol. The second-order valence-electron chi connectivity index (χ2n) is 5.58. The van der Waals surface area contributed by atoms with Crippen molar-refractivity contribution in [3.63, 3.8) is 0 Å². The van der Waals surface area contributed by atoms with Crippen LogP contribution in [0.15, 0.2) is 30.3 Å². The zero-order valence-electron chi connectivity index (χ0n) is 13.8. The predicted octanol–water partition coefficient (Wildman–Crippen LogP) is 2.51. The van der Waals surface area contributed by atoms with E-state index in [9.17, 15) is 9.59 Å². The molecule has 24 heavy (non-hydrogen) atoms. The molecule has 2 heterocycles. The molecule has 0 spiro atoms. The molecular weight excluding hydrogens is 308 g/mol. The van der Waals surface area contributed by atoms with Gasteiger partial charge in [0.05, 0.1) is 38.1 Å². The Morgan fingerprint density at radius 3 is 2.79 bits per heavy atom. The topological polar surface area (TPSA) is 70.4 Å². The standard InChI is InChI=1S/C18H18N2O4/c1-11-9-15-18-12(7-8-16(21)23-2)5-4-6-13(18)14(20(15)19-11)10-17(22)24-3/h4-9,14H,10H2,1-3H3/b8-7+. The van der Waals surface area contributed by atoms with Crippen LogP contribution in [0.3, 0.4) is 0 Å². The molecule has 1 aliphatic heterocycles. The summed E-state index contributed by atoms with van der Waals surface area (Å²) in [5.74, 6) is -0.705. The zero-order chi connectivity index (χ0) is 17.3. The summed E-state index contributed by atoms with van der Waals surface area (Å²) in [6, 6.07) is 7.57. The molecule has 6 heteroatoms. The van der Waals surface area contributed by atoms with E-state index >= 15 is 0 Å². The van der Waals surface area contributed by atoms with Crippen LogP contribution in [0.4, 0.5) is 0 Å². The number of hydrogen-bond acceptors (Lipinski definition) is 5. The van der Waals surface area contributed by atoms with Gasteiger partial charge in [0.25, 0.3) is 0 Å². The summed E-state index contributed by atoms with van der Waals surface area (Å²) in [7, 11) is 2.72. The van der Waals surface area contributed by atoms with Crippen molar-refractivity contribution in [2.75, 3.05) is 14.2 Å². The molecule has 1 atom stereocenters. The fraction of sp³-hybridized carbons (Fsp3) is 0.278. The number of esters is 2. The Labute approximate surface area is 139 Å². The van der Waals surface area contributed by atoms with Crippen molar-refractivity contribution in [3.8, 4) is 11.3 Å². The second-order valence-corrected chi connectivity index (χ2v) is 5.58. The van der Waals surface area contributed by atoms with Crippen LogP contribution in [0.25, 0.3) is 17.3 Å². The Hall–Kier alpha value is -2.89. The summed E-state index contributed by atoms with van der Waals surface area (Å²) >= 11 is 0. The molecule has 1 aliphatic rings. The molecule has 0 N–H and O–H groups in total. The summed E-state index contributed by atoms with van der Waals surface area (Å²) in [5, 5.41) is 4.52. The zero-order valence-corrected chi connectivity index (χ0v) is 13.8. The lowest BCUT2D eigenvalue weighted by atomic mass is 9.95. The normalized spacial score (nSPS) is 15.2. The van der Waals surface area contributed by atoms with Crippen molar-refractivity contribution in [2.45, 2.75) is 19.4 Å². The lowest BCUT2D eigenvalue weighted by Gasteiger charge is -2.12. The van der Waals surface area contributed by atoms with Crippen molar-refractivity contribution in [1.82, 2.24) is 9.78 Å². The number of nitrogens with zero attached hydrogens (tertiary/aromatic N) is 2. The number of hydrogen-bond donors (Lipinski definition) is 0. The first-order valence-electron chi connectivity index (χ1n) is 7.57. The SMILES string of the molecule is COC(=O)/C=C/c1cccc2c1-c1cc(C)nn1C2CC(=O)OC. The third-order valence-corrected chi connectivity index (χ3v) is 4.09. The number of carbonyl (C=O) groups is 2. The van der Waals surface area contributed by atoms with Gasteiger partial charge in [-0.25, -0.2) is 4.79 Å². The fourth-order valence-electron chi connectivity index (χ4n) is 3.04. The van der Waals surface area contributed by atoms with Gasteiger partial charge >= 0.3 is 11.9 Å². The number of fused-ring (bicyclic) bond motifs is 3. The Kier molecular flexibility index (Phi) is 4.20. The first kappa shape index (κ1) is 16.0. The average Bonchev–Trinajstić information content (AvgIpc) is 3.09. The van der Waals surface area contributed by atoms with E-state index in [4.69, 9.17) is 4.74 Å². The van der Waals surface area contributed by atoms with Gasteiger partial charge in [-0.1, -0.05) is 18.2 Å². The van der Waals surface area contributed by atoms with Gasteiger partial charge in [0.15, 0.2) is 0 Å². The predicted molar refractivity (Wildman–Crippen MR) is 88.2 cm³/mol. The number of aryl methyl sites for hydroxylation is 1. The number of methoxy groups -OCH3 is 2. The van der Waals surface area contributed by atoms with Crippen LogP contribution in [-0.2, 0) is 19.1 Å². The van der Waals surface area contributed by atoms with Gasteiger partial charge in [-0.3, -0.25) is 9.48 Å². The molecule has 0 radical (unpaired) electrons. The fourth-order valence-corrected chi connectivity index (χ4v) is 3.04. The maximum Gasteiger partial charge on any atom is 0.330 e. The quantitative estimate of drug-likeness (QED) is 0.638. The summed E-state index contributed by atoms with van der Waals surface area (Å²) in [6.07, 6.45) is 3.32. The maximum atomic E-state index is 11.8. The van der Waals surface area contributed by atoms with Crippen LogP contribution in [-0.4, -0.2) is 35.9 Å². The van der Waals surface area contributed by atoms with E-state index in [1.165, 1.54) is 20.3 Å². The number of carbonyl (C=O) groups excluding carboxylic acids is 2. The minimum Gasteiger partial charge on any atom is -0.469 e. The van der Waals surface area contributed by atoms with Gasteiger partial charge in [-0.05, 0) is 30.2 Å². The van der Waals surface area contributed by atoms with Crippen molar-refractivity contribution in [1.29, 1.82) is 0 Å². The number of aromatic nitrogens is 2. The van der Waals surface area contributed by atoms with E-state index in [1.807, 2.05) is 35.9 Å². The highest BCUT2D eigenvalue weighted by Crippen LogP contribution is 2.43. The minimum atomic E-state index is -0.415. The number of benzene rings is 1. The van der Waals surface area contributed by atoms with Gasteiger partial charge in [0, 0.05) is 11.6 Å². The molecule has 3 rings (SSSR count). The molecule has 6 nitrogen and oxygen atoms in total. The first-order chi connectivity index (χ1) is 11.5. The van der Waals surface area contributed by atoms with Crippen molar-refractivity contribution >= 4 is 18.0 Å². The van der Waals surface area contributed by atoms with Crippen LogP contribution in [0.2, 0.25) is 0 Å². The molecule has 0 saturated heterocycles. The Balaban J connectivity index is 2.10. The van der Waals surface area contributed by atoms with E-state index in [0.29, 0.717) is 0 Å². The van der Waals surface area contributed by atoms with E-state index in [0.717, 1.165) is 28.1 Å². The highest BCUT2D eigenvalue weighted by Gasteiger charge is 2.32. The van der Waals surface area contributed by atoms with Crippen LogP contribution in [0.5, 0.6) is 0 Å². The molecule has 1 aromatic heterocycles. The highest BCUT2D eigenvalue weighted by molar-refractivity contribution is 5.90. The minimum absolute atomic E-state index is 0.206. The van der Waals surface area contributed by atoms with Gasteiger partial charge in [0.1, 0.15) is 0 Å². The van der Waals surface area contributed by atoms with E-state index in [2.05, 4.69) is 9.84 Å². The Bertz CT molecular complexity index is 836. The molecule has 0 aliphatic carbocycles. The molecule has 2 aromatic rings. The number of ether oxygens (including phenoxy) is 2. The smallest absolute Gasteiger partial charge is 0.330 e. The van der Waals surface area contributed by atoms with Crippen molar-refractivity contribution in [2.24, 2.45) is 0 Å². The molecule has 1 unspecified atom stereocenters. The van der Waals surface area contributed by atoms with Crippen LogP contribution < -0.4 is 0 Å². The molecule has 0 amide bonds. The third-order valence-electron chi connectivity index (χ3n) is 4.09. The van der Waals surface area contributed by atoms with Crippen molar-refractivity contribution < 1.29 is 19.1 Å². The first-order valence-corrected chi connectivity index (χ1v) is 7.57. The summed E-state index contributed by atoms with van der Waals surface area (Å²) in [6.45, 7) is 1.91. The Morgan fingerprint density at radius 2 is 2.08 bits per heavy atom. The van der Waals surface area contributed by atoms with Crippen LogP contribution in [0, 0.1) is 6.92 Å². The third kappa shape index (κ3) is 2.71. The average molecular weight is 326 g/mol. The molecule has 124 valence electrons. The molecule has 0 bridgehead atoms. The molecule has 1 aromatic carbocycles. The number of rotatable bonds is 4. The highest BCUT2D eigenvalue weighted by atomic mass is 16.5.